The SMILES string of the molecule is C=CCCC(=O)C1C[C@H]2CC[C@@H](C1)N2C(=O)OC(C)(C)C. The van der Waals surface area contributed by atoms with Crippen LogP contribution in [0.1, 0.15) is 59.3 Å². The summed E-state index contributed by atoms with van der Waals surface area (Å²) >= 11 is 0. The van der Waals surface area contributed by atoms with E-state index in [9.17, 15) is 9.59 Å². The molecule has 0 aliphatic carbocycles. The zero-order valence-electron chi connectivity index (χ0n) is 13.4. The second-order valence-electron chi connectivity index (χ2n) is 7.23. The molecule has 2 heterocycles. The Bertz CT molecular complexity index is 410. The van der Waals surface area contributed by atoms with Crippen LogP contribution in [0.3, 0.4) is 0 Å². The molecule has 2 bridgehead atoms. The number of ether oxygens (including phenoxy) is 1. The van der Waals surface area contributed by atoms with Crippen LogP contribution >= 0.6 is 0 Å². The number of hydrogen-bond donors (Lipinski definition) is 0. The number of nitrogens with zero attached hydrogens (tertiary/aromatic N) is 1. The molecular formula is C17H27NO3. The predicted octanol–water partition coefficient (Wildman–Crippen LogP) is 3.70. The molecule has 1 amide bonds. The molecule has 2 fully saturated rings. The fraction of sp³-hybridized carbons (Fsp3) is 0.765. The Balaban J connectivity index is 1.97. The van der Waals surface area contributed by atoms with Crippen molar-refractivity contribution < 1.29 is 14.3 Å². The van der Waals surface area contributed by atoms with Crippen molar-refractivity contribution in [2.45, 2.75) is 77.0 Å². The molecule has 2 aliphatic rings. The summed E-state index contributed by atoms with van der Waals surface area (Å²) in [6, 6.07) is 0.354. The Morgan fingerprint density at radius 2 is 1.81 bits per heavy atom. The van der Waals surface area contributed by atoms with Gasteiger partial charge in [0.05, 0.1) is 0 Å². The van der Waals surface area contributed by atoms with Gasteiger partial charge in [-0.2, -0.15) is 0 Å². The maximum absolute atomic E-state index is 12.3. The van der Waals surface area contributed by atoms with Gasteiger partial charge in [0, 0.05) is 24.4 Å². The number of carbonyl (C=O) groups excluding carboxylic acids is 2. The topological polar surface area (TPSA) is 46.6 Å². The number of Topliss-reactive ketones (excluding diaryl/α,β-unsaturated/α-hetero) is 1. The van der Waals surface area contributed by atoms with Crippen LogP contribution in [0.2, 0.25) is 0 Å². The van der Waals surface area contributed by atoms with E-state index in [0.29, 0.717) is 12.2 Å². The van der Waals surface area contributed by atoms with Gasteiger partial charge in [0.25, 0.3) is 0 Å². The highest BCUT2D eigenvalue weighted by Gasteiger charge is 2.46. The Morgan fingerprint density at radius 1 is 1.24 bits per heavy atom. The molecule has 0 saturated carbocycles. The number of hydrogen-bond acceptors (Lipinski definition) is 3. The first kappa shape index (κ1) is 16.1. The largest absolute Gasteiger partial charge is 0.444 e. The summed E-state index contributed by atoms with van der Waals surface area (Å²) in [6.45, 7) is 9.33. The molecule has 0 aromatic heterocycles. The molecule has 0 spiro atoms. The molecule has 0 aromatic carbocycles. The number of piperidine rings is 1. The Morgan fingerprint density at radius 3 is 2.29 bits per heavy atom. The first-order valence-electron chi connectivity index (χ1n) is 7.96. The first-order chi connectivity index (χ1) is 9.81. The second kappa shape index (κ2) is 6.20. The fourth-order valence-corrected chi connectivity index (χ4v) is 3.50. The van der Waals surface area contributed by atoms with Crippen LogP contribution in [-0.4, -0.2) is 34.5 Å². The van der Waals surface area contributed by atoms with Crippen LogP contribution < -0.4 is 0 Å². The molecule has 2 aliphatic heterocycles. The van der Waals surface area contributed by atoms with Gasteiger partial charge in [0.15, 0.2) is 0 Å². The lowest BCUT2D eigenvalue weighted by molar-refractivity contribution is -0.125. The van der Waals surface area contributed by atoms with E-state index in [4.69, 9.17) is 4.74 Å². The monoisotopic (exact) mass is 293 g/mol. The van der Waals surface area contributed by atoms with Crippen LogP contribution in [-0.2, 0) is 9.53 Å². The molecule has 0 aromatic rings. The van der Waals surface area contributed by atoms with Gasteiger partial charge in [-0.05, 0) is 52.9 Å². The van der Waals surface area contributed by atoms with Crippen molar-refractivity contribution in [3.63, 3.8) is 0 Å². The molecule has 4 heteroatoms. The summed E-state index contributed by atoms with van der Waals surface area (Å²) in [4.78, 5) is 26.4. The molecule has 3 atom stereocenters. The molecule has 118 valence electrons. The zero-order chi connectivity index (χ0) is 15.6. The van der Waals surface area contributed by atoms with Crippen molar-refractivity contribution in [3.05, 3.63) is 12.7 Å². The normalized spacial score (nSPS) is 28.3. The van der Waals surface area contributed by atoms with Crippen LogP contribution in [0.15, 0.2) is 12.7 Å². The third kappa shape index (κ3) is 3.86. The van der Waals surface area contributed by atoms with E-state index in [-0.39, 0.29) is 24.1 Å². The summed E-state index contributed by atoms with van der Waals surface area (Å²) in [7, 11) is 0. The quantitative estimate of drug-likeness (QED) is 0.742. The van der Waals surface area contributed by atoms with E-state index in [2.05, 4.69) is 6.58 Å². The minimum absolute atomic E-state index is 0.112. The van der Waals surface area contributed by atoms with Crippen molar-refractivity contribution in [1.29, 1.82) is 0 Å². The third-order valence-corrected chi connectivity index (χ3v) is 4.39. The number of rotatable bonds is 4. The molecule has 21 heavy (non-hydrogen) atoms. The van der Waals surface area contributed by atoms with Gasteiger partial charge >= 0.3 is 6.09 Å². The third-order valence-electron chi connectivity index (χ3n) is 4.39. The summed E-state index contributed by atoms with van der Waals surface area (Å²) in [5, 5.41) is 0. The molecule has 0 radical (unpaired) electrons. The van der Waals surface area contributed by atoms with Gasteiger partial charge in [-0.15, -0.1) is 6.58 Å². The number of ketones is 1. The van der Waals surface area contributed by atoms with Crippen molar-refractivity contribution in [2.75, 3.05) is 0 Å². The average molecular weight is 293 g/mol. The van der Waals surface area contributed by atoms with Crippen LogP contribution in [0.4, 0.5) is 4.79 Å². The molecule has 0 N–H and O–H groups in total. The van der Waals surface area contributed by atoms with Crippen molar-refractivity contribution >= 4 is 11.9 Å². The number of allylic oxidation sites excluding steroid dienone is 1. The van der Waals surface area contributed by atoms with Gasteiger partial charge in [0.2, 0.25) is 0 Å². The van der Waals surface area contributed by atoms with Gasteiger partial charge in [-0.3, -0.25) is 4.79 Å². The minimum Gasteiger partial charge on any atom is -0.444 e. The molecule has 2 saturated heterocycles. The first-order valence-corrected chi connectivity index (χ1v) is 7.96. The summed E-state index contributed by atoms with van der Waals surface area (Å²) in [5.74, 6) is 0.441. The molecular weight excluding hydrogens is 266 g/mol. The van der Waals surface area contributed by atoms with E-state index >= 15 is 0 Å². The minimum atomic E-state index is -0.465. The maximum Gasteiger partial charge on any atom is 0.410 e. The summed E-state index contributed by atoms with van der Waals surface area (Å²) in [6.07, 6.45) is 6.50. The van der Waals surface area contributed by atoms with Crippen molar-refractivity contribution in [3.8, 4) is 0 Å². The summed E-state index contributed by atoms with van der Waals surface area (Å²) < 4.78 is 5.51. The van der Waals surface area contributed by atoms with Crippen molar-refractivity contribution in [2.24, 2.45) is 5.92 Å². The van der Waals surface area contributed by atoms with Crippen LogP contribution in [0, 0.1) is 5.92 Å². The van der Waals surface area contributed by atoms with Crippen LogP contribution in [0.5, 0.6) is 0 Å². The van der Waals surface area contributed by atoms with Gasteiger partial charge in [0.1, 0.15) is 11.4 Å². The smallest absolute Gasteiger partial charge is 0.410 e. The fourth-order valence-electron chi connectivity index (χ4n) is 3.50. The molecule has 1 unspecified atom stereocenters. The van der Waals surface area contributed by atoms with E-state index in [1.165, 1.54) is 0 Å². The van der Waals surface area contributed by atoms with Gasteiger partial charge < -0.3 is 9.64 Å². The maximum atomic E-state index is 12.3. The van der Waals surface area contributed by atoms with Crippen molar-refractivity contribution in [1.82, 2.24) is 4.90 Å². The van der Waals surface area contributed by atoms with E-state index < -0.39 is 5.60 Å². The summed E-state index contributed by atoms with van der Waals surface area (Å²) in [5.41, 5.74) is -0.465. The van der Waals surface area contributed by atoms with Gasteiger partial charge in [-0.1, -0.05) is 6.08 Å². The zero-order valence-corrected chi connectivity index (χ0v) is 13.4. The van der Waals surface area contributed by atoms with E-state index in [1.807, 2.05) is 25.7 Å². The molecule has 4 nitrogen and oxygen atoms in total. The number of fused-ring (bicyclic) bond motifs is 2. The average Bonchev–Trinajstić information content (AvgIpc) is 2.65. The Kier molecular flexibility index (Phi) is 4.74. The highest BCUT2D eigenvalue weighted by atomic mass is 16.6. The van der Waals surface area contributed by atoms with Crippen LogP contribution in [0.25, 0.3) is 0 Å². The predicted molar refractivity (Wildman–Crippen MR) is 82.0 cm³/mol. The highest BCUT2D eigenvalue weighted by Crippen LogP contribution is 2.40. The van der Waals surface area contributed by atoms with Gasteiger partial charge in [-0.25, -0.2) is 4.79 Å². The standard InChI is InChI=1S/C17H27NO3/c1-5-6-7-15(19)12-10-13-8-9-14(11-12)18(13)16(20)21-17(2,3)4/h5,12-14H,1,6-11H2,2-4H3/t12?,13-,14+. The Hall–Kier alpha value is -1.32. The lowest BCUT2D eigenvalue weighted by Crippen LogP contribution is -2.49. The van der Waals surface area contributed by atoms with E-state index in [0.717, 1.165) is 32.1 Å². The number of carbonyl (C=O) groups is 2. The molecule has 2 rings (SSSR count). The Labute approximate surface area is 127 Å². The lowest BCUT2D eigenvalue weighted by atomic mass is 9.86. The van der Waals surface area contributed by atoms with E-state index in [1.54, 1.807) is 6.08 Å². The lowest BCUT2D eigenvalue weighted by Gasteiger charge is -2.39. The second-order valence-corrected chi connectivity index (χ2v) is 7.23. The number of amides is 1. The highest BCUT2D eigenvalue weighted by molar-refractivity contribution is 5.82.